The van der Waals surface area contributed by atoms with Gasteiger partial charge in [-0.3, -0.25) is 9.59 Å². The van der Waals surface area contributed by atoms with Crippen LogP contribution >= 0.6 is 11.6 Å². The molecule has 3 aliphatic rings. The van der Waals surface area contributed by atoms with Crippen molar-refractivity contribution >= 4 is 29.1 Å². The van der Waals surface area contributed by atoms with Crippen LogP contribution in [0.1, 0.15) is 6.92 Å². The van der Waals surface area contributed by atoms with Crippen LogP contribution in [0.2, 0.25) is 5.02 Å². The summed E-state index contributed by atoms with van der Waals surface area (Å²) in [7, 11) is 0. The Labute approximate surface area is 121 Å². The van der Waals surface area contributed by atoms with E-state index in [0.717, 1.165) is 0 Å². The fourth-order valence-corrected chi connectivity index (χ4v) is 3.74. The van der Waals surface area contributed by atoms with Gasteiger partial charge in [0.25, 0.3) is 0 Å². The molecule has 0 spiro atoms. The first-order chi connectivity index (χ1) is 9.53. The van der Waals surface area contributed by atoms with Crippen molar-refractivity contribution in [1.82, 2.24) is 0 Å². The zero-order valence-corrected chi connectivity index (χ0v) is 11.5. The highest BCUT2D eigenvalue weighted by molar-refractivity contribution is 6.36. The minimum absolute atomic E-state index is 0.217. The summed E-state index contributed by atoms with van der Waals surface area (Å²) in [6.07, 6.45) is 3.47. The summed E-state index contributed by atoms with van der Waals surface area (Å²) in [5.74, 6) is -1.30. The molecule has 2 amide bonds. The lowest BCUT2D eigenvalue weighted by Crippen LogP contribution is -2.38. The first kappa shape index (κ1) is 12.1. The van der Waals surface area contributed by atoms with Gasteiger partial charge in [0.05, 0.1) is 34.3 Å². The van der Waals surface area contributed by atoms with E-state index in [-0.39, 0.29) is 17.9 Å². The molecule has 2 saturated heterocycles. The van der Waals surface area contributed by atoms with E-state index in [1.165, 1.54) is 4.90 Å². The molecule has 4 rings (SSSR count). The van der Waals surface area contributed by atoms with E-state index in [1.54, 1.807) is 24.3 Å². The molecule has 3 aliphatic heterocycles. The van der Waals surface area contributed by atoms with Crippen LogP contribution in [-0.4, -0.2) is 23.5 Å². The zero-order valence-electron chi connectivity index (χ0n) is 10.7. The standard InChI is InChI=1S/C15H12ClNO3/c1-15-7-6-10(20-15)11-12(15)14(19)17(13(11)18)9-5-3-2-4-8(9)16/h2-7,10-12H,1H3/t10-,11+,12-,15-/m1/s1. The van der Waals surface area contributed by atoms with Gasteiger partial charge < -0.3 is 4.74 Å². The van der Waals surface area contributed by atoms with E-state index in [1.807, 2.05) is 19.1 Å². The molecule has 4 atom stereocenters. The third-order valence-electron chi connectivity index (χ3n) is 4.42. The number of rotatable bonds is 1. The summed E-state index contributed by atoms with van der Waals surface area (Å²) in [4.78, 5) is 26.5. The van der Waals surface area contributed by atoms with Gasteiger partial charge in [-0.25, -0.2) is 4.90 Å². The molecule has 2 bridgehead atoms. The molecule has 4 nitrogen and oxygen atoms in total. The van der Waals surface area contributed by atoms with Gasteiger partial charge in [0.1, 0.15) is 0 Å². The summed E-state index contributed by atoms with van der Waals surface area (Å²) in [6.45, 7) is 1.86. The Bertz CT molecular complexity index is 671. The van der Waals surface area contributed by atoms with Crippen LogP contribution in [0.25, 0.3) is 0 Å². The molecule has 1 aromatic carbocycles. The average molecular weight is 290 g/mol. The quantitative estimate of drug-likeness (QED) is 0.588. The number of hydrogen-bond donors (Lipinski definition) is 0. The number of nitrogens with zero attached hydrogens (tertiary/aromatic N) is 1. The van der Waals surface area contributed by atoms with E-state index < -0.39 is 17.4 Å². The molecule has 20 heavy (non-hydrogen) atoms. The number of fused-ring (bicyclic) bond motifs is 5. The molecule has 5 heteroatoms. The molecule has 0 aromatic heterocycles. The summed E-state index contributed by atoms with van der Waals surface area (Å²) in [5, 5.41) is 0.403. The van der Waals surface area contributed by atoms with E-state index in [0.29, 0.717) is 10.7 Å². The van der Waals surface area contributed by atoms with E-state index >= 15 is 0 Å². The highest BCUT2D eigenvalue weighted by Gasteiger charge is 2.66. The summed E-state index contributed by atoms with van der Waals surface area (Å²) in [5.41, 5.74) is -0.209. The Balaban J connectivity index is 1.82. The predicted molar refractivity (Wildman–Crippen MR) is 73.3 cm³/mol. The van der Waals surface area contributed by atoms with Gasteiger partial charge in [0.15, 0.2) is 0 Å². The molecule has 0 aliphatic carbocycles. The van der Waals surface area contributed by atoms with Gasteiger partial charge in [-0.2, -0.15) is 0 Å². The number of imide groups is 1. The lowest BCUT2D eigenvalue weighted by molar-refractivity contribution is -0.126. The van der Waals surface area contributed by atoms with Crippen LogP contribution in [0.15, 0.2) is 36.4 Å². The Morgan fingerprint density at radius 3 is 2.70 bits per heavy atom. The number of hydrogen-bond acceptors (Lipinski definition) is 3. The van der Waals surface area contributed by atoms with Crippen molar-refractivity contribution in [3.63, 3.8) is 0 Å². The first-order valence-electron chi connectivity index (χ1n) is 6.52. The topological polar surface area (TPSA) is 46.6 Å². The molecule has 102 valence electrons. The van der Waals surface area contributed by atoms with Gasteiger partial charge in [0.2, 0.25) is 11.8 Å². The van der Waals surface area contributed by atoms with Gasteiger partial charge in [-0.05, 0) is 19.1 Å². The molecule has 1 aromatic rings. The lowest BCUT2D eigenvalue weighted by atomic mass is 9.78. The van der Waals surface area contributed by atoms with Gasteiger partial charge in [-0.15, -0.1) is 0 Å². The Kier molecular flexibility index (Phi) is 2.25. The number of ether oxygens (including phenoxy) is 1. The van der Waals surface area contributed by atoms with Gasteiger partial charge in [-0.1, -0.05) is 35.9 Å². The van der Waals surface area contributed by atoms with Crippen molar-refractivity contribution in [2.24, 2.45) is 11.8 Å². The highest BCUT2D eigenvalue weighted by atomic mass is 35.5. The minimum Gasteiger partial charge on any atom is -0.362 e. The number of benzene rings is 1. The molecule has 0 saturated carbocycles. The summed E-state index contributed by atoms with van der Waals surface area (Å²) < 4.78 is 5.77. The normalized spacial score (nSPS) is 37.9. The van der Waals surface area contributed by atoms with Crippen molar-refractivity contribution in [3.8, 4) is 0 Å². The smallest absolute Gasteiger partial charge is 0.241 e. The molecule has 0 N–H and O–H groups in total. The highest BCUT2D eigenvalue weighted by Crippen LogP contribution is 2.52. The molecule has 0 unspecified atom stereocenters. The fourth-order valence-electron chi connectivity index (χ4n) is 3.52. The molecule has 2 fully saturated rings. The molecular weight excluding hydrogens is 278 g/mol. The number of anilines is 1. The number of halogens is 1. The summed E-state index contributed by atoms with van der Waals surface area (Å²) >= 11 is 6.12. The predicted octanol–water partition coefficient (Wildman–Crippen LogP) is 2.17. The van der Waals surface area contributed by atoms with Crippen molar-refractivity contribution in [1.29, 1.82) is 0 Å². The van der Waals surface area contributed by atoms with Crippen molar-refractivity contribution in [2.75, 3.05) is 4.90 Å². The van der Waals surface area contributed by atoms with Crippen molar-refractivity contribution < 1.29 is 14.3 Å². The molecule has 0 radical (unpaired) electrons. The number of carbonyl (C=O) groups is 2. The second-order valence-corrected chi connectivity index (χ2v) is 6.00. The van der Waals surface area contributed by atoms with Crippen molar-refractivity contribution in [3.05, 3.63) is 41.4 Å². The minimum atomic E-state index is -0.669. The average Bonchev–Trinajstić information content (AvgIpc) is 3.01. The van der Waals surface area contributed by atoms with Crippen LogP contribution in [-0.2, 0) is 14.3 Å². The van der Waals surface area contributed by atoms with Crippen LogP contribution in [0.3, 0.4) is 0 Å². The van der Waals surface area contributed by atoms with Gasteiger partial charge in [0, 0.05) is 0 Å². The third kappa shape index (κ3) is 1.30. The Morgan fingerprint density at radius 1 is 1.25 bits per heavy atom. The van der Waals surface area contributed by atoms with Crippen LogP contribution < -0.4 is 4.90 Å². The Morgan fingerprint density at radius 2 is 2.00 bits per heavy atom. The molecule has 3 heterocycles. The maximum Gasteiger partial charge on any atom is 0.241 e. The third-order valence-corrected chi connectivity index (χ3v) is 4.74. The second-order valence-electron chi connectivity index (χ2n) is 5.59. The number of amides is 2. The van der Waals surface area contributed by atoms with E-state index in [2.05, 4.69) is 0 Å². The second kappa shape index (κ2) is 3.71. The van der Waals surface area contributed by atoms with Crippen molar-refractivity contribution in [2.45, 2.75) is 18.6 Å². The van der Waals surface area contributed by atoms with E-state index in [4.69, 9.17) is 16.3 Å². The monoisotopic (exact) mass is 289 g/mol. The first-order valence-corrected chi connectivity index (χ1v) is 6.90. The maximum atomic E-state index is 12.7. The SMILES string of the molecule is C[C@]12C=C[C@@H](O1)[C@@H]1C(=O)N(c3ccccc3Cl)C(=O)[C@@H]12. The zero-order chi connectivity index (χ0) is 14.1. The lowest BCUT2D eigenvalue weighted by Gasteiger charge is -2.24. The maximum absolute atomic E-state index is 12.7. The van der Waals surface area contributed by atoms with Crippen LogP contribution in [0.5, 0.6) is 0 Å². The van der Waals surface area contributed by atoms with Crippen LogP contribution in [0, 0.1) is 11.8 Å². The Hall–Kier alpha value is -1.65. The largest absolute Gasteiger partial charge is 0.362 e. The fraction of sp³-hybridized carbons (Fsp3) is 0.333. The molecular formula is C15H12ClNO3. The number of para-hydroxylation sites is 1. The number of carbonyl (C=O) groups excluding carboxylic acids is 2. The van der Waals surface area contributed by atoms with Gasteiger partial charge >= 0.3 is 0 Å². The summed E-state index contributed by atoms with van der Waals surface area (Å²) in [6, 6.07) is 6.91. The van der Waals surface area contributed by atoms with Crippen LogP contribution in [0.4, 0.5) is 5.69 Å². The van der Waals surface area contributed by atoms with E-state index in [9.17, 15) is 9.59 Å².